The van der Waals surface area contributed by atoms with Crippen LogP contribution in [-0.4, -0.2) is 25.1 Å². The van der Waals surface area contributed by atoms with Crippen LogP contribution in [0.5, 0.6) is 0 Å². The van der Waals surface area contributed by atoms with E-state index in [0.29, 0.717) is 18.3 Å². The van der Waals surface area contributed by atoms with Crippen LogP contribution in [0, 0.1) is 0 Å². The van der Waals surface area contributed by atoms with E-state index in [4.69, 9.17) is 10.3 Å². The topological polar surface area (TPSA) is 95.7 Å². The summed E-state index contributed by atoms with van der Waals surface area (Å²) in [5, 5.41) is 11.9. The molecule has 18 heavy (non-hydrogen) atoms. The minimum absolute atomic E-state index is 0.124. The molecule has 0 aliphatic heterocycles. The van der Waals surface area contributed by atoms with E-state index in [1.54, 1.807) is 10.9 Å². The van der Waals surface area contributed by atoms with Gasteiger partial charge in [-0.15, -0.1) is 5.10 Å². The number of aromatic nitrogens is 5. The van der Waals surface area contributed by atoms with Crippen LogP contribution in [0.2, 0.25) is 0 Å². The number of rotatable bonds is 3. The molecular weight excluding hydrogens is 232 g/mol. The summed E-state index contributed by atoms with van der Waals surface area (Å²) in [4.78, 5) is 4.33. The zero-order valence-electron chi connectivity index (χ0n) is 11.1. The summed E-state index contributed by atoms with van der Waals surface area (Å²) in [5.74, 6) is 1.20. The molecule has 1 atom stereocenters. The maximum atomic E-state index is 5.71. The van der Waals surface area contributed by atoms with Gasteiger partial charge in [-0.2, -0.15) is 4.98 Å². The van der Waals surface area contributed by atoms with Crippen LogP contribution >= 0.6 is 0 Å². The third kappa shape index (κ3) is 2.73. The summed E-state index contributed by atoms with van der Waals surface area (Å²) in [5.41, 5.74) is 6.33. The Balaban J connectivity index is 2.11. The highest BCUT2D eigenvalue weighted by molar-refractivity contribution is 5.01. The van der Waals surface area contributed by atoms with E-state index < -0.39 is 0 Å². The summed E-state index contributed by atoms with van der Waals surface area (Å²) in [7, 11) is 0. The first-order valence-corrected chi connectivity index (χ1v) is 5.85. The van der Waals surface area contributed by atoms with Crippen LogP contribution < -0.4 is 5.73 Å². The molecule has 2 aromatic rings. The van der Waals surface area contributed by atoms with E-state index in [-0.39, 0.29) is 11.5 Å². The van der Waals surface area contributed by atoms with E-state index in [1.807, 2.05) is 27.7 Å². The Bertz CT molecular complexity index is 522. The van der Waals surface area contributed by atoms with E-state index in [1.165, 1.54) is 0 Å². The van der Waals surface area contributed by atoms with Crippen molar-refractivity contribution in [1.82, 2.24) is 25.1 Å². The maximum absolute atomic E-state index is 5.71. The largest absolute Gasteiger partial charge is 0.337 e. The van der Waals surface area contributed by atoms with Gasteiger partial charge in [0.05, 0.1) is 11.9 Å². The second-order valence-electron chi connectivity index (χ2n) is 5.39. The van der Waals surface area contributed by atoms with Crippen LogP contribution in [0.3, 0.4) is 0 Å². The molecule has 0 aromatic carbocycles. The maximum Gasteiger partial charge on any atom is 0.248 e. The predicted octanol–water partition coefficient (Wildman–Crippen LogP) is 1.03. The van der Waals surface area contributed by atoms with Crippen LogP contribution in [0.15, 0.2) is 10.7 Å². The Kier molecular flexibility index (Phi) is 3.16. The molecule has 0 aliphatic carbocycles. The lowest BCUT2D eigenvalue weighted by Crippen LogP contribution is -2.13. The summed E-state index contributed by atoms with van der Waals surface area (Å²) in [6.45, 7) is 8.36. The lowest BCUT2D eigenvalue weighted by atomic mass is 9.96. The SMILES string of the molecule is CC(N)c1cn(Cc2nc(C(C)(C)C)no2)nn1. The Morgan fingerprint density at radius 2 is 2.17 bits per heavy atom. The third-order valence-electron chi connectivity index (χ3n) is 2.46. The smallest absolute Gasteiger partial charge is 0.248 e. The average Bonchev–Trinajstić information content (AvgIpc) is 2.85. The first-order chi connectivity index (χ1) is 8.36. The number of nitrogens with zero attached hydrogens (tertiary/aromatic N) is 5. The second-order valence-corrected chi connectivity index (χ2v) is 5.39. The molecule has 7 heteroatoms. The molecule has 2 aromatic heterocycles. The molecule has 0 spiro atoms. The molecule has 7 nitrogen and oxygen atoms in total. The normalized spacial score (nSPS) is 13.8. The predicted molar refractivity (Wildman–Crippen MR) is 64.7 cm³/mol. The van der Waals surface area contributed by atoms with E-state index in [9.17, 15) is 0 Å². The highest BCUT2D eigenvalue weighted by atomic mass is 16.5. The van der Waals surface area contributed by atoms with Crippen LogP contribution in [0.25, 0.3) is 0 Å². The highest BCUT2D eigenvalue weighted by Crippen LogP contribution is 2.18. The van der Waals surface area contributed by atoms with Gasteiger partial charge in [0.25, 0.3) is 0 Å². The van der Waals surface area contributed by atoms with Crippen molar-refractivity contribution < 1.29 is 4.52 Å². The molecule has 2 rings (SSSR count). The number of hydrogen-bond acceptors (Lipinski definition) is 6. The number of nitrogens with two attached hydrogens (primary N) is 1. The van der Waals surface area contributed by atoms with Gasteiger partial charge in [0.15, 0.2) is 5.82 Å². The quantitative estimate of drug-likeness (QED) is 0.874. The molecule has 98 valence electrons. The fraction of sp³-hybridized carbons (Fsp3) is 0.636. The van der Waals surface area contributed by atoms with Crippen molar-refractivity contribution in [3.05, 3.63) is 23.6 Å². The zero-order chi connectivity index (χ0) is 13.3. The fourth-order valence-electron chi connectivity index (χ4n) is 1.36. The standard InChI is InChI=1S/C11H18N6O/c1-7(12)8-5-17(16-14-8)6-9-13-10(15-18-9)11(2,3)4/h5,7H,6,12H2,1-4H3. The van der Waals surface area contributed by atoms with Crippen molar-refractivity contribution in [2.24, 2.45) is 5.73 Å². The van der Waals surface area contributed by atoms with E-state index in [0.717, 1.165) is 5.69 Å². The van der Waals surface area contributed by atoms with Gasteiger partial charge in [-0.05, 0) is 6.92 Å². The molecular formula is C11H18N6O. The molecule has 0 saturated carbocycles. The molecule has 0 saturated heterocycles. The van der Waals surface area contributed by atoms with Crippen molar-refractivity contribution >= 4 is 0 Å². The average molecular weight is 250 g/mol. The zero-order valence-corrected chi connectivity index (χ0v) is 11.1. The van der Waals surface area contributed by atoms with Gasteiger partial charge in [0.2, 0.25) is 5.89 Å². The van der Waals surface area contributed by atoms with Crippen molar-refractivity contribution in [1.29, 1.82) is 0 Å². The van der Waals surface area contributed by atoms with Gasteiger partial charge in [-0.25, -0.2) is 4.68 Å². The van der Waals surface area contributed by atoms with Crippen molar-refractivity contribution in [2.45, 2.75) is 45.7 Å². The molecule has 0 bridgehead atoms. The monoisotopic (exact) mass is 250 g/mol. The Morgan fingerprint density at radius 1 is 1.44 bits per heavy atom. The summed E-state index contributed by atoms with van der Waals surface area (Å²) in [6.07, 6.45) is 1.78. The molecule has 0 radical (unpaired) electrons. The highest BCUT2D eigenvalue weighted by Gasteiger charge is 2.21. The van der Waals surface area contributed by atoms with Gasteiger partial charge in [-0.3, -0.25) is 0 Å². The second kappa shape index (κ2) is 4.49. The van der Waals surface area contributed by atoms with Gasteiger partial charge in [-0.1, -0.05) is 31.1 Å². The van der Waals surface area contributed by atoms with Crippen molar-refractivity contribution in [2.75, 3.05) is 0 Å². The molecule has 2 N–H and O–H groups in total. The van der Waals surface area contributed by atoms with Crippen LogP contribution in [-0.2, 0) is 12.0 Å². The Morgan fingerprint density at radius 3 is 2.67 bits per heavy atom. The van der Waals surface area contributed by atoms with E-state index in [2.05, 4.69) is 20.5 Å². The fourth-order valence-corrected chi connectivity index (χ4v) is 1.36. The first-order valence-electron chi connectivity index (χ1n) is 5.85. The molecule has 0 aliphatic rings. The Labute approximate surface area is 105 Å². The van der Waals surface area contributed by atoms with Crippen molar-refractivity contribution in [3.63, 3.8) is 0 Å². The molecule has 0 amide bonds. The van der Waals surface area contributed by atoms with Gasteiger partial charge >= 0.3 is 0 Å². The first kappa shape index (κ1) is 12.7. The van der Waals surface area contributed by atoms with Gasteiger partial charge in [0.1, 0.15) is 6.54 Å². The van der Waals surface area contributed by atoms with Crippen LogP contribution in [0.1, 0.15) is 51.1 Å². The van der Waals surface area contributed by atoms with Crippen LogP contribution in [0.4, 0.5) is 0 Å². The van der Waals surface area contributed by atoms with Gasteiger partial charge in [0, 0.05) is 11.5 Å². The number of hydrogen-bond donors (Lipinski definition) is 1. The third-order valence-corrected chi connectivity index (χ3v) is 2.46. The Hall–Kier alpha value is -1.76. The molecule has 0 fully saturated rings. The lowest BCUT2D eigenvalue weighted by Gasteiger charge is -2.10. The van der Waals surface area contributed by atoms with Gasteiger partial charge < -0.3 is 10.3 Å². The summed E-state index contributed by atoms with van der Waals surface area (Å²) in [6, 6.07) is -0.133. The minimum atomic E-state index is -0.133. The molecule has 2 heterocycles. The summed E-state index contributed by atoms with van der Waals surface area (Å²) >= 11 is 0. The molecule has 1 unspecified atom stereocenters. The lowest BCUT2D eigenvalue weighted by molar-refractivity contribution is 0.352. The van der Waals surface area contributed by atoms with E-state index >= 15 is 0 Å². The van der Waals surface area contributed by atoms with Crippen molar-refractivity contribution in [3.8, 4) is 0 Å². The minimum Gasteiger partial charge on any atom is -0.337 e. The summed E-state index contributed by atoms with van der Waals surface area (Å²) < 4.78 is 6.82.